The van der Waals surface area contributed by atoms with Gasteiger partial charge in [-0.2, -0.15) is 10.4 Å². The third-order valence-corrected chi connectivity index (χ3v) is 3.42. The van der Waals surface area contributed by atoms with E-state index in [1.165, 1.54) is 0 Å². The highest BCUT2D eigenvalue weighted by Gasteiger charge is 2.18. The fraction of sp³-hybridized carbons (Fsp3) is 0.333. The highest BCUT2D eigenvalue weighted by Crippen LogP contribution is 2.23. The fourth-order valence-corrected chi connectivity index (χ4v) is 2.43. The molecule has 0 radical (unpaired) electrons. The zero-order chi connectivity index (χ0) is 15.7. The Bertz CT molecular complexity index is 769. The van der Waals surface area contributed by atoms with Gasteiger partial charge in [0.25, 0.3) is 0 Å². The molecule has 2 aromatic heterocycles. The smallest absolute Gasteiger partial charge is 0.307 e. The van der Waals surface area contributed by atoms with Crippen molar-refractivity contribution in [3.05, 3.63) is 40.0 Å². The van der Waals surface area contributed by atoms with Gasteiger partial charge in [0, 0.05) is 17.0 Å². The summed E-state index contributed by atoms with van der Waals surface area (Å²) < 4.78 is 1.63. The minimum absolute atomic E-state index is 0.0808. The van der Waals surface area contributed by atoms with Crippen molar-refractivity contribution in [2.75, 3.05) is 0 Å². The lowest BCUT2D eigenvalue weighted by Gasteiger charge is -2.10. The number of hydrogen-bond donors (Lipinski definition) is 1. The third-order valence-electron chi connectivity index (χ3n) is 3.42. The van der Waals surface area contributed by atoms with Gasteiger partial charge in [-0.15, -0.1) is 0 Å². The van der Waals surface area contributed by atoms with Crippen LogP contribution in [0.4, 0.5) is 0 Å². The quantitative estimate of drug-likeness (QED) is 0.930. The van der Waals surface area contributed by atoms with Crippen molar-refractivity contribution in [3.8, 4) is 11.8 Å². The van der Waals surface area contributed by atoms with E-state index in [4.69, 9.17) is 5.11 Å². The molecule has 21 heavy (non-hydrogen) atoms. The molecule has 6 heteroatoms. The average molecular weight is 284 g/mol. The first-order chi connectivity index (χ1) is 9.85. The zero-order valence-electron chi connectivity index (χ0n) is 12.4. The van der Waals surface area contributed by atoms with Gasteiger partial charge in [0.15, 0.2) is 0 Å². The number of carboxylic acid groups (broad SMARTS) is 1. The van der Waals surface area contributed by atoms with Gasteiger partial charge in [0.2, 0.25) is 0 Å². The van der Waals surface area contributed by atoms with Gasteiger partial charge in [-0.1, -0.05) is 0 Å². The van der Waals surface area contributed by atoms with Crippen LogP contribution >= 0.6 is 0 Å². The largest absolute Gasteiger partial charge is 0.481 e. The topological polar surface area (TPSA) is 91.8 Å². The Labute approximate surface area is 122 Å². The summed E-state index contributed by atoms with van der Waals surface area (Å²) in [6.45, 7) is 7.21. The van der Waals surface area contributed by atoms with Crippen LogP contribution in [0.2, 0.25) is 0 Å². The first-order valence-corrected chi connectivity index (χ1v) is 6.50. The molecule has 2 heterocycles. The number of nitrogens with zero attached hydrogens (tertiary/aromatic N) is 4. The van der Waals surface area contributed by atoms with Crippen molar-refractivity contribution in [1.82, 2.24) is 14.8 Å². The average Bonchev–Trinajstić information content (AvgIpc) is 2.65. The molecule has 0 bridgehead atoms. The van der Waals surface area contributed by atoms with Crippen molar-refractivity contribution in [1.29, 1.82) is 5.26 Å². The number of carboxylic acids is 1. The van der Waals surface area contributed by atoms with Gasteiger partial charge >= 0.3 is 5.97 Å². The molecule has 0 fully saturated rings. The van der Waals surface area contributed by atoms with Gasteiger partial charge in [-0.25, -0.2) is 4.68 Å². The molecule has 0 saturated heterocycles. The van der Waals surface area contributed by atoms with Crippen molar-refractivity contribution in [3.63, 3.8) is 0 Å². The number of nitriles is 1. The standard InChI is InChI=1S/C15H16N4O2/c1-8-5-14(13(7-16)9(2)17-8)19-11(4)12(6-15(20)21)10(3)18-19/h5H,6H2,1-4H3,(H,20,21). The van der Waals surface area contributed by atoms with Crippen LogP contribution in [0.1, 0.15) is 33.9 Å². The molecule has 0 unspecified atom stereocenters. The maximum Gasteiger partial charge on any atom is 0.307 e. The Balaban J connectivity index is 2.69. The van der Waals surface area contributed by atoms with Crippen molar-refractivity contribution in [2.45, 2.75) is 34.1 Å². The van der Waals surface area contributed by atoms with Crippen LogP contribution in [-0.4, -0.2) is 25.8 Å². The SMILES string of the molecule is Cc1cc(-n2nc(C)c(CC(=O)O)c2C)c(C#N)c(C)n1. The lowest BCUT2D eigenvalue weighted by atomic mass is 10.1. The number of pyridine rings is 1. The molecule has 0 aliphatic rings. The molecular weight excluding hydrogens is 268 g/mol. The monoisotopic (exact) mass is 284 g/mol. The van der Waals surface area contributed by atoms with Crippen molar-refractivity contribution >= 4 is 5.97 Å². The van der Waals surface area contributed by atoms with Crippen LogP contribution in [0.15, 0.2) is 6.07 Å². The van der Waals surface area contributed by atoms with E-state index in [9.17, 15) is 10.1 Å². The first-order valence-electron chi connectivity index (χ1n) is 6.50. The number of aryl methyl sites for hydroxylation is 3. The van der Waals surface area contributed by atoms with Crippen molar-refractivity contribution in [2.24, 2.45) is 0 Å². The summed E-state index contributed by atoms with van der Waals surface area (Å²) in [7, 11) is 0. The molecule has 0 atom stereocenters. The number of rotatable bonds is 3. The second-order valence-electron chi connectivity index (χ2n) is 4.99. The molecule has 0 saturated carbocycles. The second-order valence-corrected chi connectivity index (χ2v) is 4.99. The van der Waals surface area contributed by atoms with E-state index in [1.807, 2.05) is 13.8 Å². The second kappa shape index (κ2) is 5.37. The molecule has 108 valence electrons. The highest BCUT2D eigenvalue weighted by molar-refractivity contribution is 5.71. The van der Waals surface area contributed by atoms with Gasteiger partial charge in [0.1, 0.15) is 6.07 Å². The maximum atomic E-state index is 11.0. The number of aliphatic carboxylic acids is 1. The van der Waals surface area contributed by atoms with Gasteiger partial charge in [0.05, 0.1) is 29.1 Å². The van der Waals surface area contributed by atoms with E-state index in [-0.39, 0.29) is 6.42 Å². The number of carbonyl (C=O) groups is 1. The van der Waals surface area contributed by atoms with E-state index >= 15 is 0 Å². The third kappa shape index (κ3) is 2.63. The Hall–Kier alpha value is -2.68. The maximum absolute atomic E-state index is 11.0. The van der Waals surface area contributed by atoms with E-state index in [0.717, 1.165) is 11.4 Å². The molecule has 2 aromatic rings. The number of hydrogen-bond acceptors (Lipinski definition) is 4. The molecule has 2 rings (SSSR count). The lowest BCUT2D eigenvalue weighted by Crippen LogP contribution is -2.07. The van der Waals surface area contributed by atoms with E-state index in [2.05, 4.69) is 16.2 Å². The molecule has 1 N–H and O–H groups in total. The van der Waals surface area contributed by atoms with Gasteiger partial charge < -0.3 is 5.11 Å². The van der Waals surface area contributed by atoms with Gasteiger partial charge in [-0.3, -0.25) is 9.78 Å². The molecule has 0 aliphatic heterocycles. The van der Waals surface area contributed by atoms with E-state index in [1.54, 1.807) is 24.6 Å². The van der Waals surface area contributed by atoms with Gasteiger partial charge in [-0.05, 0) is 33.8 Å². The molecule has 0 spiro atoms. The van der Waals surface area contributed by atoms with Crippen LogP contribution < -0.4 is 0 Å². The highest BCUT2D eigenvalue weighted by atomic mass is 16.4. The summed E-state index contributed by atoms with van der Waals surface area (Å²) in [5.41, 5.74) is 4.59. The molecule has 0 aromatic carbocycles. The molecular formula is C15H16N4O2. The van der Waals surface area contributed by atoms with Crippen LogP contribution in [0.3, 0.4) is 0 Å². The summed E-state index contributed by atoms with van der Waals surface area (Å²) in [5, 5.41) is 22.7. The lowest BCUT2D eigenvalue weighted by molar-refractivity contribution is -0.136. The van der Waals surface area contributed by atoms with Crippen LogP contribution in [0.5, 0.6) is 0 Å². The van der Waals surface area contributed by atoms with Crippen LogP contribution in [0.25, 0.3) is 5.69 Å². The summed E-state index contributed by atoms with van der Waals surface area (Å²) in [4.78, 5) is 15.2. The van der Waals surface area contributed by atoms with E-state index in [0.29, 0.717) is 28.2 Å². The van der Waals surface area contributed by atoms with Crippen LogP contribution in [0, 0.1) is 39.0 Å². The Kier molecular flexibility index (Phi) is 3.76. The minimum atomic E-state index is -0.900. The predicted molar refractivity (Wildman–Crippen MR) is 76.4 cm³/mol. The zero-order valence-corrected chi connectivity index (χ0v) is 12.4. The Morgan fingerprint density at radius 3 is 2.57 bits per heavy atom. The Morgan fingerprint density at radius 2 is 2.00 bits per heavy atom. The summed E-state index contributed by atoms with van der Waals surface area (Å²) in [6.07, 6.45) is -0.0808. The first kappa shape index (κ1) is 14.7. The van der Waals surface area contributed by atoms with Crippen molar-refractivity contribution < 1.29 is 9.90 Å². The normalized spacial score (nSPS) is 10.4. The molecule has 0 amide bonds. The fourth-order valence-electron chi connectivity index (χ4n) is 2.43. The molecule has 6 nitrogen and oxygen atoms in total. The number of aromatic nitrogens is 3. The summed E-state index contributed by atoms with van der Waals surface area (Å²) >= 11 is 0. The van der Waals surface area contributed by atoms with E-state index < -0.39 is 5.97 Å². The predicted octanol–water partition coefficient (Wildman–Crippen LogP) is 2.00. The summed E-state index contributed by atoms with van der Waals surface area (Å²) in [6, 6.07) is 3.93. The summed E-state index contributed by atoms with van der Waals surface area (Å²) in [5.74, 6) is -0.900. The minimum Gasteiger partial charge on any atom is -0.481 e. The Morgan fingerprint density at radius 1 is 1.33 bits per heavy atom. The molecule has 0 aliphatic carbocycles. The van der Waals surface area contributed by atoms with Crippen LogP contribution in [-0.2, 0) is 11.2 Å².